The fraction of sp³-hybridized carbons (Fsp3) is 0.875. The zero-order valence-electron chi connectivity index (χ0n) is 12.2. The molecule has 3 nitrogen and oxygen atoms in total. The minimum absolute atomic E-state index is 0.313. The first kappa shape index (κ1) is 13.6. The number of allylic oxidation sites excluding steroid dienone is 2. The Labute approximate surface area is 117 Å². The lowest BCUT2D eigenvalue weighted by Gasteiger charge is -2.39. The first-order valence-electron chi connectivity index (χ1n) is 8.05. The minimum atomic E-state index is 0.313. The fourth-order valence-electron chi connectivity index (χ4n) is 4.25. The highest BCUT2D eigenvalue weighted by atomic mass is 16.3. The molecule has 3 aliphatic rings. The molecule has 0 aromatic carbocycles. The number of hydrogen-bond acceptors (Lipinski definition) is 3. The lowest BCUT2D eigenvalue weighted by Crippen LogP contribution is -2.52. The molecule has 1 saturated carbocycles. The van der Waals surface area contributed by atoms with Gasteiger partial charge in [-0.3, -0.25) is 4.90 Å². The summed E-state index contributed by atoms with van der Waals surface area (Å²) >= 11 is 0. The fourth-order valence-corrected chi connectivity index (χ4v) is 4.25. The Bertz CT molecular complexity index is 319. The Hall–Kier alpha value is -0.380. The van der Waals surface area contributed by atoms with Crippen molar-refractivity contribution in [2.75, 3.05) is 39.3 Å². The number of nitrogens with zero attached hydrogens (tertiary/aromatic N) is 2. The van der Waals surface area contributed by atoms with Crippen molar-refractivity contribution in [3.05, 3.63) is 12.2 Å². The minimum Gasteiger partial charge on any atom is -0.395 e. The molecule has 1 heterocycles. The highest BCUT2D eigenvalue weighted by Gasteiger charge is 2.36. The van der Waals surface area contributed by atoms with E-state index in [1.165, 1.54) is 32.5 Å². The third kappa shape index (κ3) is 2.88. The largest absolute Gasteiger partial charge is 0.395 e. The molecule has 108 valence electrons. The van der Waals surface area contributed by atoms with Crippen LogP contribution in [-0.4, -0.2) is 60.3 Å². The quantitative estimate of drug-likeness (QED) is 0.764. The average Bonchev–Trinajstić information content (AvgIpc) is 3.04. The molecule has 0 amide bonds. The van der Waals surface area contributed by atoms with Gasteiger partial charge in [-0.2, -0.15) is 0 Å². The zero-order chi connectivity index (χ0) is 13.2. The van der Waals surface area contributed by atoms with Crippen LogP contribution in [0.3, 0.4) is 0 Å². The maximum Gasteiger partial charge on any atom is 0.0586 e. The average molecular weight is 264 g/mol. The van der Waals surface area contributed by atoms with Crippen molar-refractivity contribution in [3.63, 3.8) is 0 Å². The van der Waals surface area contributed by atoms with E-state index >= 15 is 0 Å². The van der Waals surface area contributed by atoms with E-state index in [0.29, 0.717) is 12.6 Å². The number of aliphatic hydroxyl groups excluding tert-OH is 1. The summed E-state index contributed by atoms with van der Waals surface area (Å²) in [6.07, 6.45) is 8.82. The van der Waals surface area contributed by atoms with Gasteiger partial charge in [-0.25, -0.2) is 0 Å². The molecule has 19 heavy (non-hydrogen) atoms. The van der Waals surface area contributed by atoms with Crippen LogP contribution in [-0.2, 0) is 0 Å². The molecule has 4 atom stereocenters. The van der Waals surface area contributed by atoms with Crippen molar-refractivity contribution < 1.29 is 5.11 Å². The summed E-state index contributed by atoms with van der Waals surface area (Å²) in [5.41, 5.74) is 0. The summed E-state index contributed by atoms with van der Waals surface area (Å²) in [6.45, 7) is 8.44. The van der Waals surface area contributed by atoms with E-state index in [4.69, 9.17) is 0 Å². The van der Waals surface area contributed by atoms with Crippen LogP contribution in [0.15, 0.2) is 12.2 Å². The molecule has 1 N–H and O–H groups in total. The molecule has 3 heteroatoms. The standard InChI is InChI=1S/C16H28N2O/c1-2-16(12-19)18-7-5-17(6-8-18)11-15-10-13-3-4-14(15)9-13/h3-4,13-16,19H,2,5-12H2,1H3. The SMILES string of the molecule is CCC(CO)N1CCN(CC2CC3C=CC2C3)CC1. The van der Waals surface area contributed by atoms with Crippen molar-refractivity contribution >= 4 is 0 Å². The van der Waals surface area contributed by atoms with E-state index in [2.05, 4.69) is 28.9 Å². The molecule has 2 aliphatic carbocycles. The van der Waals surface area contributed by atoms with Crippen LogP contribution in [0.4, 0.5) is 0 Å². The second-order valence-corrected chi connectivity index (χ2v) is 6.62. The van der Waals surface area contributed by atoms with E-state index in [9.17, 15) is 5.11 Å². The molecule has 2 fully saturated rings. The van der Waals surface area contributed by atoms with Crippen LogP contribution < -0.4 is 0 Å². The molecule has 0 aromatic heterocycles. The Morgan fingerprint density at radius 3 is 2.47 bits per heavy atom. The molecule has 0 radical (unpaired) electrons. The first-order valence-corrected chi connectivity index (χ1v) is 8.05. The monoisotopic (exact) mass is 264 g/mol. The molecular formula is C16H28N2O. The Morgan fingerprint density at radius 2 is 1.95 bits per heavy atom. The van der Waals surface area contributed by atoms with Gasteiger partial charge < -0.3 is 10.0 Å². The maximum atomic E-state index is 9.38. The van der Waals surface area contributed by atoms with E-state index in [-0.39, 0.29) is 0 Å². The lowest BCUT2D eigenvalue weighted by atomic mass is 9.93. The van der Waals surface area contributed by atoms with Gasteiger partial charge in [-0.15, -0.1) is 0 Å². The summed E-state index contributed by atoms with van der Waals surface area (Å²) in [6, 6.07) is 0.382. The van der Waals surface area contributed by atoms with E-state index < -0.39 is 0 Å². The molecular weight excluding hydrogens is 236 g/mol. The van der Waals surface area contributed by atoms with Gasteiger partial charge in [0.15, 0.2) is 0 Å². The Balaban J connectivity index is 1.44. The molecule has 1 saturated heterocycles. The van der Waals surface area contributed by atoms with Gasteiger partial charge in [-0.1, -0.05) is 19.1 Å². The number of rotatable bonds is 5. The van der Waals surface area contributed by atoms with Gasteiger partial charge >= 0.3 is 0 Å². The predicted molar refractivity (Wildman–Crippen MR) is 78.0 cm³/mol. The number of fused-ring (bicyclic) bond motifs is 2. The molecule has 0 spiro atoms. The summed E-state index contributed by atoms with van der Waals surface area (Å²) in [4.78, 5) is 5.12. The Morgan fingerprint density at radius 1 is 1.16 bits per heavy atom. The molecule has 4 unspecified atom stereocenters. The van der Waals surface area contributed by atoms with Gasteiger partial charge in [0.2, 0.25) is 0 Å². The third-order valence-electron chi connectivity index (χ3n) is 5.51. The second-order valence-electron chi connectivity index (χ2n) is 6.62. The van der Waals surface area contributed by atoms with Gasteiger partial charge in [0, 0.05) is 38.8 Å². The third-order valence-corrected chi connectivity index (χ3v) is 5.51. The van der Waals surface area contributed by atoms with Crippen molar-refractivity contribution in [1.29, 1.82) is 0 Å². The van der Waals surface area contributed by atoms with Crippen LogP contribution in [0.1, 0.15) is 26.2 Å². The summed E-state index contributed by atoms with van der Waals surface area (Å²) < 4.78 is 0. The second kappa shape index (κ2) is 5.94. The summed E-state index contributed by atoms with van der Waals surface area (Å²) in [5.74, 6) is 2.69. The molecule has 1 aliphatic heterocycles. The number of piperazine rings is 1. The van der Waals surface area contributed by atoms with Crippen LogP contribution >= 0.6 is 0 Å². The normalized spacial score (nSPS) is 37.1. The van der Waals surface area contributed by atoms with Crippen molar-refractivity contribution in [3.8, 4) is 0 Å². The number of hydrogen-bond donors (Lipinski definition) is 1. The van der Waals surface area contributed by atoms with Gasteiger partial charge in [0.05, 0.1) is 6.61 Å². The van der Waals surface area contributed by atoms with Crippen molar-refractivity contribution in [2.24, 2.45) is 17.8 Å². The Kier molecular flexibility index (Phi) is 4.25. The zero-order valence-corrected chi connectivity index (χ0v) is 12.2. The smallest absolute Gasteiger partial charge is 0.0586 e. The van der Waals surface area contributed by atoms with Crippen LogP contribution in [0.5, 0.6) is 0 Å². The van der Waals surface area contributed by atoms with Crippen molar-refractivity contribution in [1.82, 2.24) is 9.80 Å². The maximum absolute atomic E-state index is 9.38. The van der Waals surface area contributed by atoms with E-state index in [1.54, 1.807) is 0 Å². The van der Waals surface area contributed by atoms with Gasteiger partial charge in [-0.05, 0) is 37.0 Å². The highest BCUT2D eigenvalue weighted by Crippen LogP contribution is 2.43. The van der Waals surface area contributed by atoms with Gasteiger partial charge in [0.25, 0.3) is 0 Å². The predicted octanol–water partition coefficient (Wildman–Crippen LogP) is 1.59. The summed E-state index contributed by atoms with van der Waals surface area (Å²) in [7, 11) is 0. The van der Waals surface area contributed by atoms with E-state index in [0.717, 1.165) is 37.3 Å². The lowest BCUT2D eigenvalue weighted by molar-refractivity contribution is 0.0557. The summed E-state index contributed by atoms with van der Waals surface area (Å²) in [5, 5.41) is 9.38. The topological polar surface area (TPSA) is 26.7 Å². The van der Waals surface area contributed by atoms with Crippen molar-refractivity contribution in [2.45, 2.75) is 32.2 Å². The van der Waals surface area contributed by atoms with E-state index in [1.807, 2.05) is 0 Å². The molecule has 2 bridgehead atoms. The van der Waals surface area contributed by atoms with Crippen LogP contribution in [0.2, 0.25) is 0 Å². The molecule has 0 aromatic rings. The van der Waals surface area contributed by atoms with Gasteiger partial charge in [0.1, 0.15) is 0 Å². The first-order chi connectivity index (χ1) is 9.30. The molecule has 3 rings (SSSR count). The highest BCUT2D eigenvalue weighted by molar-refractivity contribution is 5.10. The van der Waals surface area contributed by atoms with Crippen LogP contribution in [0, 0.1) is 17.8 Å². The number of aliphatic hydroxyl groups is 1. The van der Waals surface area contributed by atoms with Crippen LogP contribution in [0.25, 0.3) is 0 Å².